The van der Waals surface area contributed by atoms with Gasteiger partial charge in [0.15, 0.2) is 0 Å². The van der Waals surface area contributed by atoms with Gasteiger partial charge in [0.1, 0.15) is 12.7 Å². The van der Waals surface area contributed by atoms with E-state index in [1.165, 1.54) is 0 Å². The van der Waals surface area contributed by atoms with E-state index in [1.54, 1.807) is 0 Å². The third kappa shape index (κ3) is 2.48. The highest BCUT2D eigenvalue weighted by Gasteiger charge is 2.87. The number of hydrogen-bond donors (Lipinski definition) is 0. The van der Waals surface area contributed by atoms with Gasteiger partial charge in [-0.2, -0.15) is 0 Å². The zero-order valence-corrected chi connectivity index (χ0v) is 20.2. The number of carbonyl (C=O) groups excluding carboxylic acids is 1. The molecule has 0 heterocycles. The Morgan fingerprint density at radius 1 is 0.806 bits per heavy atom. The van der Waals surface area contributed by atoms with Gasteiger partial charge in [-0.1, -0.05) is 74.5 Å². The van der Waals surface area contributed by atoms with Crippen molar-refractivity contribution in [2.75, 3.05) is 0 Å². The van der Waals surface area contributed by atoms with Crippen molar-refractivity contribution in [1.82, 2.24) is 0 Å². The fourth-order valence-electron chi connectivity index (χ4n) is 7.55. The third-order valence-electron chi connectivity index (χ3n) is 8.73. The molecule has 0 saturated heterocycles. The van der Waals surface area contributed by atoms with Gasteiger partial charge >= 0.3 is 5.97 Å². The van der Waals surface area contributed by atoms with Crippen molar-refractivity contribution in [3.63, 3.8) is 0 Å². The second-order valence-electron chi connectivity index (χ2n) is 11.7. The third-order valence-corrected chi connectivity index (χ3v) is 12.7. The van der Waals surface area contributed by atoms with Gasteiger partial charge in [-0.05, 0) is 57.3 Å². The molecule has 0 aliphatic heterocycles. The van der Waals surface area contributed by atoms with E-state index < -0.39 is 23.3 Å². The van der Waals surface area contributed by atoms with Gasteiger partial charge in [-0.15, -0.1) is 0 Å². The first-order valence-electron chi connectivity index (χ1n) is 11.4. The SMILES string of the molecule is CC(C)(C)OC(=O)C12CC3(C)CC1(P(=O)(c1ccccc1)c1ccccc1)CC3(C)C2. The molecule has 0 aromatic heterocycles. The molecule has 4 aliphatic carbocycles. The van der Waals surface area contributed by atoms with E-state index in [1.807, 2.05) is 81.4 Å². The molecule has 0 amide bonds. The summed E-state index contributed by atoms with van der Waals surface area (Å²) in [7, 11) is -3.15. The predicted molar refractivity (Wildman–Crippen MR) is 125 cm³/mol. The Balaban J connectivity index is 1.78. The molecule has 2 atom stereocenters. The summed E-state index contributed by atoms with van der Waals surface area (Å²) >= 11 is 0. The summed E-state index contributed by atoms with van der Waals surface area (Å²) in [6.07, 6.45) is 3.18. The molecule has 4 bridgehead atoms. The molecule has 4 heteroatoms. The van der Waals surface area contributed by atoms with Crippen LogP contribution >= 0.6 is 7.14 Å². The molecule has 31 heavy (non-hydrogen) atoms. The lowest BCUT2D eigenvalue weighted by molar-refractivity contribution is -0.168. The molecule has 0 radical (unpaired) electrons. The molecule has 6 rings (SSSR count). The van der Waals surface area contributed by atoms with E-state index in [0.717, 1.165) is 36.3 Å². The minimum atomic E-state index is -3.15. The highest BCUT2D eigenvalue weighted by molar-refractivity contribution is 7.80. The maximum Gasteiger partial charge on any atom is 0.313 e. The zero-order valence-electron chi connectivity index (χ0n) is 19.3. The van der Waals surface area contributed by atoms with Crippen LogP contribution in [0.25, 0.3) is 0 Å². The van der Waals surface area contributed by atoms with Crippen LogP contribution in [-0.4, -0.2) is 16.7 Å². The lowest BCUT2D eigenvalue weighted by atomic mass is 9.71. The maximum atomic E-state index is 15.6. The van der Waals surface area contributed by atoms with Gasteiger partial charge in [0.05, 0.1) is 5.41 Å². The molecule has 4 saturated carbocycles. The number of hydrogen-bond acceptors (Lipinski definition) is 3. The van der Waals surface area contributed by atoms with Crippen LogP contribution in [0.1, 0.15) is 60.3 Å². The van der Waals surface area contributed by atoms with Crippen molar-refractivity contribution in [3.05, 3.63) is 60.7 Å². The minimum Gasteiger partial charge on any atom is -0.460 e. The van der Waals surface area contributed by atoms with Crippen LogP contribution in [0, 0.1) is 16.2 Å². The van der Waals surface area contributed by atoms with Gasteiger partial charge in [0.2, 0.25) is 0 Å². The Bertz CT molecular complexity index is 1020. The maximum absolute atomic E-state index is 15.6. The Morgan fingerprint density at radius 2 is 1.23 bits per heavy atom. The Labute approximate surface area is 186 Å². The average Bonchev–Trinajstić information content (AvgIpc) is 3.29. The van der Waals surface area contributed by atoms with Gasteiger partial charge in [-0.3, -0.25) is 4.79 Å². The summed E-state index contributed by atoms with van der Waals surface area (Å²) in [5.41, 5.74) is -1.26. The molecule has 3 nitrogen and oxygen atoms in total. The highest BCUT2D eigenvalue weighted by Crippen LogP contribution is 2.91. The topological polar surface area (TPSA) is 43.4 Å². The van der Waals surface area contributed by atoms with Gasteiger partial charge in [0, 0.05) is 15.8 Å². The summed E-state index contributed by atoms with van der Waals surface area (Å²) < 4.78 is 21.6. The smallest absolute Gasteiger partial charge is 0.313 e. The number of rotatable bonds is 4. The highest BCUT2D eigenvalue weighted by atomic mass is 31.2. The monoisotopic (exact) mass is 436 g/mol. The Morgan fingerprint density at radius 3 is 1.61 bits per heavy atom. The number of esters is 1. The van der Waals surface area contributed by atoms with Crippen molar-refractivity contribution in [3.8, 4) is 0 Å². The summed E-state index contributed by atoms with van der Waals surface area (Å²) in [6.45, 7) is 10.4. The van der Waals surface area contributed by atoms with Crippen molar-refractivity contribution in [2.24, 2.45) is 16.2 Å². The first kappa shape index (κ1) is 21.0. The van der Waals surface area contributed by atoms with E-state index in [-0.39, 0.29) is 16.8 Å². The molecule has 4 aliphatic rings. The lowest BCUT2D eigenvalue weighted by Gasteiger charge is -2.45. The summed E-state index contributed by atoms with van der Waals surface area (Å²) in [6, 6.07) is 19.8. The van der Waals surface area contributed by atoms with Gasteiger partial charge < -0.3 is 9.30 Å². The van der Waals surface area contributed by atoms with Crippen LogP contribution < -0.4 is 10.6 Å². The predicted octanol–water partition coefficient (Wildman–Crippen LogP) is 5.68. The second kappa shape index (κ2) is 6.13. The van der Waals surface area contributed by atoms with E-state index in [9.17, 15) is 4.79 Å². The normalized spacial score (nSPS) is 36.2. The van der Waals surface area contributed by atoms with Crippen molar-refractivity contribution in [1.29, 1.82) is 0 Å². The van der Waals surface area contributed by atoms with Crippen LogP contribution in [0.3, 0.4) is 0 Å². The van der Waals surface area contributed by atoms with E-state index in [4.69, 9.17) is 4.74 Å². The lowest BCUT2D eigenvalue weighted by Crippen LogP contribution is -2.51. The van der Waals surface area contributed by atoms with Crippen molar-refractivity contribution in [2.45, 2.75) is 71.1 Å². The minimum absolute atomic E-state index is 0.00310. The summed E-state index contributed by atoms with van der Waals surface area (Å²) in [4.78, 5) is 13.9. The fraction of sp³-hybridized carbons (Fsp3) is 0.519. The van der Waals surface area contributed by atoms with Crippen LogP contribution in [-0.2, 0) is 14.1 Å². The second-order valence-corrected chi connectivity index (χ2v) is 14.8. The van der Waals surface area contributed by atoms with E-state index in [0.29, 0.717) is 0 Å². The molecule has 0 spiro atoms. The number of ether oxygens (including phenoxy) is 1. The number of benzene rings is 2. The molecule has 164 valence electrons. The van der Waals surface area contributed by atoms with Crippen molar-refractivity contribution < 1.29 is 14.1 Å². The van der Waals surface area contributed by atoms with E-state index in [2.05, 4.69) is 13.8 Å². The van der Waals surface area contributed by atoms with Gasteiger partial charge in [0.25, 0.3) is 0 Å². The first-order chi connectivity index (χ1) is 14.4. The number of carbonyl (C=O) groups is 1. The van der Waals surface area contributed by atoms with Crippen LogP contribution in [0.2, 0.25) is 0 Å². The molecular weight excluding hydrogens is 403 g/mol. The first-order valence-corrected chi connectivity index (χ1v) is 13.1. The standard InChI is InChI=1S/C27H33O3P/c1-23(2,3)30-22(28)26-16-24(4)18-27(26,19-25(24,5)17-26)31(29,20-12-8-6-9-13-20)21-14-10-7-11-15-21/h6-15H,16-19H2,1-5H3. The Kier molecular flexibility index (Phi) is 4.16. The molecule has 2 unspecified atom stereocenters. The average molecular weight is 437 g/mol. The van der Waals surface area contributed by atoms with E-state index >= 15 is 4.57 Å². The van der Waals surface area contributed by atoms with Crippen molar-refractivity contribution >= 4 is 23.7 Å². The van der Waals surface area contributed by atoms with Crippen LogP contribution in [0.5, 0.6) is 0 Å². The molecule has 4 fully saturated rings. The quantitative estimate of drug-likeness (QED) is 0.457. The summed E-state index contributed by atoms with van der Waals surface area (Å²) in [5.74, 6) is -0.142. The van der Waals surface area contributed by atoms with Gasteiger partial charge in [-0.25, -0.2) is 0 Å². The van der Waals surface area contributed by atoms with Crippen LogP contribution in [0.4, 0.5) is 0 Å². The fourth-order valence-corrected chi connectivity index (χ4v) is 12.0. The molecule has 2 aromatic carbocycles. The molecule has 0 N–H and O–H groups in total. The zero-order chi connectivity index (χ0) is 22.3. The Hall–Kier alpha value is -1.86. The molecule has 2 aromatic rings. The largest absolute Gasteiger partial charge is 0.460 e. The molecular formula is C27H33O3P. The summed E-state index contributed by atoms with van der Waals surface area (Å²) in [5, 5.41) is 1.13. The van der Waals surface area contributed by atoms with Crippen LogP contribution in [0.15, 0.2) is 60.7 Å².